The van der Waals surface area contributed by atoms with Crippen LogP contribution in [0.2, 0.25) is 0 Å². The fourth-order valence-electron chi connectivity index (χ4n) is 3.04. The van der Waals surface area contributed by atoms with Crippen molar-refractivity contribution >= 4 is 11.1 Å². The number of benzene rings is 1. The summed E-state index contributed by atoms with van der Waals surface area (Å²) in [6.45, 7) is 7.04. The van der Waals surface area contributed by atoms with Gasteiger partial charge >= 0.3 is 0 Å². The average molecular weight is 288 g/mol. The Morgan fingerprint density at radius 1 is 1.38 bits per heavy atom. The van der Waals surface area contributed by atoms with Crippen LogP contribution >= 0.6 is 0 Å². The lowest BCUT2D eigenvalue weighted by atomic mass is 10.1. The molecule has 0 saturated heterocycles. The van der Waals surface area contributed by atoms with Gasteiger partial charge in [-0.15, -0.1) is 0 Å². The fourth-order valence-corrected chi connectivity index (χ4v) is 3.04. The van der Waals surface area contributed by atoms with Crippen molar-refractivity contribution in [3.05, 3.63) is 29.2 Å². The van der Waals surface area contributed by atoms with E-state index >= 15 is 0 Å². The molecule has 1 aromatic carbocycles. The lowest BCUT2D eigenvalue weighted by Crippen LogP contribution is -2.35. The molecule has 0 unspecified atom stereocenters. The Balaban J connectivity index is 1.80. The summed E-state index contributed by atoms with van der Waals surface area (Å²) in [7, 11) is 0. The van der Waals surface area contributed by atoms with Crippen LogP contribution in [0.4, 0.5) is 0 Å². The number of aliphatic hydroxyl groups is 1. The maximum atomic E-state index is 9.88. The molecule has 3 rings (SSSR count). The largest absolute Gasteiger partial charge is 0.440 e. The van der Waals surface area contributed by atoms with Crippen molar-refractivity contribution in [2.24, 2.45) is 0 Å². The molecule has 2 N–H and O–H groups in total. The van der Waals surface area contributed by atoms with Crippen molar-refractivity contribution in [3.63, 3.8) is 0 Å². The number of oxazole rings is 1. The van der Waals surface area contributed by atoms with Crippen molar-refractivity contribution in [2.75, 3.05) is 0 Å². The summed E-state index contributed by atoms with van der Waals surface area (Å²) in [4.78, 5) is 4.62. The van der Waals surface area contributed by atoms with Crippen LogP contribution in [0.15, 0.2) is 16.5 Å². The smallest absolute Gasteiger partial charge is 0.198 e. The summed E-state index contributed by atoms with van der Waals surface area (Å²) in [5, 5.41) is 13.4. The summed E-state index contributed by atoms with van der Waals surface area (Å²) in [6, 6.07) is 4.33. The summed E-state index contributed by atoms with van der Waals surface area (Å²) < 4.78 is 5.79. The Kier molecular flexibility index (Phi) is 4.00. The van der Waals surface area contributed by atoms with E-state index in [-0.39, 0.29) is 12.1 Å². The molecular weight excluding hydrogens is 264 g/mol. The number of nitrogens with one attached hydrogen (secondary N) is 1. The molecule has 2 aromatic rings. The summed E-state index contributed by atoms with van der Waals surface area (Å²) >= 11 is 0. The number of nitrogens with zero attached hydrogens (tertiary/aromatic N) is 1. The molecule has 1 aromatic heterocycles. The zero-order chi connectivity index (χ0) is 15.0. The highest BCUT2D eigenvalue weighted by molar-refractivity contribution is 5.77. The van der Waals surface area contributed by atoms with Crippen molar-refractivity contribution in [3.8, 4) is 0 Å². The van der Waals surface area contributed by atoms with E-state index in [4.69, 9.17) is 4.42 Å². The molecule has 2 atom stereocenters. The molecule has 4 heteroatoms. The highest BCUT2D eigenvalue weighted by atomic mass is 16.3. The molecule has 0 amide bonds. The first-order valence-corrected chi connectivity index (χ1v) is 7.86. The van der Waals surface area contributed by atoms with Crippen LogP contribution in [0, 0.1) is 6.92 Å². The first kappa shape index (κ1) is 14.5. The second kappa shape index (κ2) is 5.78. The highest BCUT2D eigenvalue weighted by Gasteiger charge is 2.24. The molecule has 21 heavy (non-hydrogen) atoms. The van der Waals surface area contributed by atoms with E-state index in [0.29, 0.717) is 5.92 Å². The molecule has 1 saturated carbocycles. The van der Waals surface area contributed by atoms with Crippen LogP contribution in [-0.4, -0.2) is 22.2 Å². The predicted molar refractivity (Wildman–Crippen MR) is 83.3 cm³/mol. The van der Waals surface area contributed by atoms with E-state index in [1.165, 1.54) is 11.1 Å². The number of aromatic nitrogens is 1. The van der Waals surface area contributed by atoms with E-state index in [1.807, 2.05) is 6.07 Å². The molecule has 1 aliphatic rings. The van der Waals surface area contributed by atoms with E-state index in [0.717, 1.165) is 42.8 Å². The monoisotopic (exact) mass is 288 g/mol. The number of hydrogen-bond acceptors (Lipinski definition) is 4. The van der Waals surface area contributed by atoms with Gasteiger partial charge in [-0.2, -0.15) is 0 Å². The van der Waals surface area contributed by atoms with E-state index in [9.17, 15) is 5.11 Å². The van der Waals surface area contributed by atoms with Gasteiger partial charge in [-0.1, -0.05) is 19.9 Å². The molecule has 1 aliphatic carbocycles. The standard InChI is InChI=1S/C17H24N2O2/c1-10(2)17-19-16-11(3)12(7-8-15(16)21-17)9-18-13-5-4-6-14(13)20/h7-8,10,13-14,18,20H,4-6,9H2,1-3H3/t13-,14+/m0/s1. The Hall–Kier alpha value is -1.39. The van der Waals surface area contributed by atoms with Crippen molar-refractivity contribution in [2.45, 2.75) is 64.6 Å². The van der Waals surface area contributed by atoms with Gasteiger partial charge in [-0.05, 0) is 43.4 Å². The molecule has 4 nitrogen and oxygen atoms in total. The Labute approximate surface area is 125 Å². The van der Waals surface area contributed by atoms with E-state index in [2.05, 4.69) is 37.1 Å². The third-order valence-electron chi connectivity index (χ3n) is 4.47. The van der Waals surface area contributed by atoms with Gasteiger partial charge < -0.3 is 14.8 Å². The van der Waals surface area contributed by atoms with Gasteiger partial charge in [-0.3, -0.25) is 0 Å². The summed E-state index contributed by atoms with van der Waals surface area (Å²) in [6.07, 6.45) is 2.88. The van der Waals surface area contributed by atoms with Gasteiger partial charge in [0.1, 0.15) is 5.52 Å². The molecule has 0 radical (unpaired) electrons. The molecule has 0 aliphatic heterocycles. The van der Waals surface area contributed by atoms with Gasteiger partial charge in [0, 0.05) is 18.5 Å². The minimum absolute atomic E-state index is 0.200. The van der Waals surface area contributed by atoms with Crippen LogP contribution in [-0.2, 0) is 6.54 Å². The van der Waals surface area contributed by atoms with Gasteiger partial charge in [-0.25, -0.2) is 4.98 Å². The Morgan fingerprint density at radius 2 is 2.19 bits per heavy atom. The van der Waals surface area contributed by atoms with E-state index in [1.54, 1.807) is 0 Å². The topological polar surface area (TPSA) is 58.3 Å². The lowest BCUT2D eigenvalue weighted by Gasteiger charge is -2.17. The SMILES string of the molecule is Cc1c(CN[C@H]2CCC[C@H]2O)ccc2oc(C(C)C)nc12. The van der Waals surface area contributed by atoms with E-state index < -0.39 is 0 Å². The van der Waals surface area contributed by atoms with Crippen LogP contribution in [0.25, 0.3) is 11.1 Å². The van der Waals surface area contributed by atoms with Crippen LogP contribution < -0.4 is 5.32 Å². The summed E-state index contributed by atoms with van der Waals surface area (Å²) in [5.41, 5.74) is 4.22. The maximum absolute atomic E-state index is 9.88. The first-order valence-electron chi connectivity index (χ1n) is 7.86. The minimum atomic E-state index is -0.200. The van der Waals surface area contributed by atoms with Gasteiger partial charge in [0.05, 0.1) is 6.10 Å². The van der Waals surface area contributed by atoms with Crippen LogP contribution in [0.5, 0.6) is 0 Å². The van der Waals surface area contributed by atoms with Gasteiger partial charge in [0.2, 0.25) is 0 Å². The van der Waals surface area contributed by atoms with Crippen LogP contribution in [0.1, 0.15) is 56.0 Å². The number of rotatable bonds is 4. The number of fused-ring (bicyclic) bond motifs is 1. The predicted octanol–water partition coefficient (Wildman–Crippen LogP) is 3.26. The second-order valence-corrected chi connectivity index (χ2v) is 6.39. The second-order valence-electron chi connectivity index (χ2n) is 6.39. The molecule has 1 heterocycles. The normalized spacial score (nSPS) is 22.5. The Morgan fingerprint density at radius 3 is 2.86 bits per heavy atom. The first-order chi connectivity index (χ1) is 10.1. The third kappa shape index (κ3) is 2.83. The third-order valence-corrected chi connectivity index (χ3v) is 4.47. The Bertz CT molecular complexity index is 633. The zero-order valence-electron chi connectivity index (χ0n) is 13.0. The van der Waals surface area contributed by atoms with Gasteiger partial charge in [0.15, 0.2) is 11.5 Å². The number of hydrogen-bond donors (Lipinski definition) is 2. The number of aliphatic hydroxyl groups excluding tert-OH is 1. The van der Waals surface area contributed by atoms with Crippen LogP contribution in [0.3, 0.4) is 0 Å². The van der Waals surface area contributed by atoms with Gasteiger partial charge in [0.25, 0.3) is 0 Å². The summed E-state index contributed by atoms with van der Waals surface area (Å²) in [5.74, 6) is 1.09. The molecule has 1 fully saturated rings. The molecule has 114 valence electrons. The maximum Gasteiger partial charge on any atom is 0.198 e. The lowest BCUT2D eigenvalue weighted by molar-refractivity contribution is 0.148. The zero-order valence-corrected chi connectivity index (χ0v) is 13.0. The highest BCUT2D eigenvalue weighted by Crippen LogP contribution is 2.26. The molecule has 0 bridgehead atoms. The molecular formula is C17H24N2O2. The molecule has 0 spiro atoms. The van der Waals surface area contributed by atoms with Crippen molar-refractivity contribution in [1.82, 2.24) is 10.3 Å². The minimum Gasteiger partial charge on any atom is -0.440 e. The van der Waals surface area contributed by atoms with Crippen molar-refractivity contribution in [1.29, 1.82) is 0 Å². The number of aryl methyl sites for hydroxylation is 1. The quantitative estimate of drug-likeness (QED) is 0.906. The fraction of sp³-hybridized carbons (Fsp3) is 0.588. The van der Waals surface area contributed by atoms with Crippen molar-refractivity contribution < 1.29 is 9.52 Å². The average Bonchev–Trinajstić information content (AvgIpc) is 3.05.